The number of nitrogens with zero attached hydrogens (tertiary/aromatic N) is 5. The fourth-order valence-electron chi connectivity index (χ4n) is 3.44. The lowest BCUT2D eigenvalue weighted by atomic mass is 10.1. The monoisotopic (exact) mass is 470 g/mol. The molecule has 35 heavy (non-hydrogen) atoms. The molecule has 0 saturated carbocycles. The van der Waals surface area contributed by atoms with Crippen molar-refractivity contribution in [3.8, 4) is 22.8 Å². The number of halogens is 1. The summed E-state index contributed by atoms with van der Waals surface area (Å²) in [5.41, 5.74) is 1.16. The van der Waals surface area contributed by atoms with Crippen LogP contribution in [0, 0.1) is 5.82 Å². The van der Waals surface area contributed by atoms with Gasteiger partial charge in [-0.2, -0.15) is 9.50 Å². The van der Waals surface area contributed by atoms with Gasteiger partial charge >= 0.3 is 5.97 Å². The summed E-state index contributed by atoms with van der Waals surface area (Å²) in [6, 6.07) is 16.8. The zero-order valence-electron chi connectivity index (χ0n) is 18.6. The number of hydrogen-bond donors (Lipinski definition) is 1. The number of carbonyl (C=O) groups is 1. The van der Waals surface area contributed by atoms with E-state index in [1.54, 1.807) is 73.9 Å². The number of benzene rings is 2. The number of aromatic nitrogens is 5. The van der Waals surface area contributed by atoms with Crippen LogP contribution >= 0.6 is 0 Å². The Morgan fingerprint density at radius 1 is 1.03 bits per heavy atom. The Bertz CT molecular complexity index is 1490. The molecule has 3 heterocycles. The van der Waals surface area contributed by atoms with Crippen LogP contribution in [0.5, 0.6) is 11.5 Å². The molecular formula is C25H19FN6O3. The van der Waals surface area contributed by atoms with Gasteiger partial charge < -0.3 is 14.8 Å². The van der Waals surface area contributed by atoms with Crippen LogP contribution in [-0.2, 0) is 4.74 Å². The van der Waals surface area contributed by atoms with Crippen LogP contribution in [0.3, 0.4) is 0 Å². The summed E-state index contributed by atoms with van der Waals surface area (Å²) >= 11 is 0. The van der Waals surface area contributed by atoms with Crippen LogP contribution in [0.25, 0.3) is 17.0 Å². The molecule has 174 valence electrons. The highest BCUT2D eigenvalue weighted by molar-refractivity contribution is 5.96. The Labute approximate surface area is 199 Å². The summed E-state index contributed by atoms with van der Waals surface area (Å²) in [5.74, 6) is 0.588. The van der Waals surface area contributed by atoms with Crippen molar-refractivity contribution in [1.29, 1.82) is 0 Å². The number of rotatable bonds is 7. The molecule has 0 unspecified atom stereocenters. The van der Waals surface area contributed by atoms with Crippen LogP contribution in [0.2, 0.25) is 0 Å². The number of carbonyl (C=O) groups excluding carboxylic acids is 1. The first-order chi connectivity index (χ1) is 17.1. The predicted molar refractivity (Wildman–Crippen MR) is 126 cm³/mol. The molecule has 0 atom stereocenters. The first-order valence-corrected chi connectivity index (χ1v) is 10.7. The van der Waals surface area contributed by atoms with Crippen molar-refractivity contribution in [2.45, 2.75) is 6.92 Å². The molecule has 0 aliphatic carbocycles. The fraction of sp³-hybridized carbons (Fsp3) is 0.0800. The zero-order chi connectivity index (χ0) is 24.2. The van der Waals surface area contributed by atoms with Gasteiger partial charge in [-0.15, -0.1) is 5.10 Å². The second kappa shape index (κ2) is 9.56. The third kappa shape index (κ3) is 4.62. The molecule has 9 nitrogen and oxygen atoms in total. The molecule has 0 bridgehead atoms. The van der Waals surface area contributed by atoms with Crippen molar-refractivity contribution in [1.82, 2.24) is 24.6 Å². The van der Waals surface area contributed by atoms with Crippen molar-refractivity contribution >= 4 is 23.4 Å². The van der Waals surface area contributed by atoms with Crippen molar-refractivity contribution in [2.75, 3.05) is 11.9 Å². The van der Waals surface area contributed by atoms with E-state index in [2.05, 4.69) is 25.4 Å². The second-order valence-corrected chi connectivity index (χ2v) is 7.30. The van der Waals surface area contributed by atoms with E-state index in [0.717, 1.165) is 0 Å². The molecule has 0 spiro atoms. The van der Waals surface area contributed by atoms with Crippen molar-refractivity contribution < 1.29 is 18.7 Å². The Balaban J connectivity index is 1.48. The van der Waals surface area contributed by atoms with Crippen molar-refractivity contribution in [2.24, 2.45) is 0 Å². The molecule has 0 amide bonds. The van der Waals surface area contributed by atoms with E-state index < -0.39 is 11.8 Å². The Hall–Kier alpha value is -4.86. The van der Waals surface area contributed by atoms with E-state index in [4.69, 9.17) is 9.47 Å². The third-order valence-electron chi connectivity index (χ3n) is 4.99. The molecule has 0 saturated heterocycles. The van der Waals surface area contributed by atoms with Gasteiger partial charge in [-0.05, 0) is 55.5 Å². The minimum atomic E-state index is -0.630. The number of esters is 1. The van der Waals surface area contributed by atoms with Crippen LogP contribution in [-0.4, -0.2) is 37.1 Å². The normalized spacial score (nSPS) is 10.8. The third-order valence-corrected chi connectivity index (χ3v) is 4.99. The van der Waals surface area contributed by atoms with E-state index in [0.29, 0.717) is 17.2 Å². The molecule has 3 aromatic heterocycles. The quantitative estimate of drug-likeness (QED) is 0.330. The van der Waals surface area contributed by atoms with Gasteiger partial charge in [-0.3, -0.25) is 4.98 Å². The molecule has 0 radical (unpaired) electrons. The predicted octanol–water partition coefficient (Wildman–Crippen LogP) is 5.04. The van der Waals surface area contributed by atoms with Gasteiger partial charge in [-0.1, -0.05) is 12.1 Å². The molecule has 0 fully saturated rings. The SMILES string of the molecule is CCOC(=O)c1cnc2nc(Nc3ccc(Oc4ccncc4)cc3)nn2c1-c1ccccc1F. The summed E-state index contributed by atoms with van der Waals surface area (Å²) in [5, 5.41) is 7.53. The maximum atomic E-state index is 14.7. The molecule has 10 heteroatoms. The molecule has 0 aliphatic rings. The van der Waals surface area contributed by atoms with E-state index in [1.165, 1.54) is 16.8 Å². The number of nitrogens with one attached hydrogen (secondary N) is 1. The Morgan fingerprint density at radius 2 is 1.77 bits per heavy atom. The average Bonchev–Trinajstić information content (AvgIpc) is 3.28. The van der Waals surface area contributed by atoms with Gasteiger partial charge in [-0.25, -0.2) is 14.2 Å². The minimum Gasteiger partial charge on any atom is -0.462 e. The first kappa shape index (κ1) is 22.0. The summed E-state index contributed by atoms with van der Waals surface area (Å²) in [6.07, 6.45) is 4.62. The van der Waals surface area contributed by atoms with Crippen LogP contribution in [0.1, 0.15) is 17.3 Å². The molecular weight excluding hydrogens is 451 g/mol. The highest BCUT2D eigenvalue weighted by atomic mass is 19.1. The van der Waals surface area contributed by atoms with Gasteiger partial charge in [0.05, 0.1) is 12.3 Å². The minimum absolute atomic E-state index is 0.0820. The molecule has 0 aliphatic heterocycles. The van der Waals surface area contributed by atoms with Gasteiger partial charge in [0.1, 0.15) is 22.9 Å². The van der Waals surface area contributed by atoms with Crippen molar-refractivity contribution in [3.05, 3.63) is 90.6 Å². The van der Waals surface area contributed by atoms with E-state index >= 15 is 0 Å². The highest BCUT2D eigenvalue weighted by Gasteiger charge is 2.22. The van der Waals surface area contributed by atoms with E-state index in [1.807, 2.05) is 0 Å². The maximum Gasteiger partial charge on any atom is 0.341 e. The maximum absolute atomic E-state index is 14.7. The number of ether oxygens (including phenoxy) is 2. The molecule has 1 N–H and O–H groups in total. The number of hydrogen-bond acceptors (Lipinski definition) is 8. The standard InChI is InChI=1S/C25H19FN6O3/c1-2-34-23(33)20-15-28-25-30-24(31-32(25)22(20)19-5-3-4-6-21(19)26)29-16-7-9-17(10-8-16)35-18-11-13-27-14-12-18/h3-15H,2H2,1H3,(H,29,31). The topological polar surface area (TPSA) is 104 Å². The van der Waals surface area contributed by atoms with Gasteiger partial charge in [0.25, 0.3) is 5.78 Å². The van der Waals surface area contributed by atoms with Gasteiger partial charge in [0, 0.05) is 29.8 Å². The Kier molecular flexibility index (Phi) is 6.00. The lowest BCUT2D eigenvalue weighted by Gasteiger charge is -2.10. The first-order valence-electron chi connectivity index (χ1n) is 10.7. The summed E-state index contributed by atoms with van der Waals surface area (Å²) in [7, 11) is 0. The van der Waals surface area contributed by atoms with Gasteiger partial charge in [0.15, 0.2) is 0 Å². The summed E-state index contributed by atoms with van der Waals surface area (Å²) in [6.45, 7) is 1.86. The number of pyridine rings is 1. The summed E-state index contributed by atoms with van der Waals surface area (Å²) in [4.78, 5) is 25.1. The number of anilines is 2. The molecule has 2 aromatic carbocycles. The van der Waals surface area contributed by atoms with Crippen molar-refractivity contribution in [3.63, 3.8) is 0 Å². The van der Waals surface area contributed by atoms with E-state index in [-0.39, 0.29) is 35.2 Å². The largest absolute Gasteiger partial charge is 0.462 e. The summed E-state index contributed by atoms with van der Waals surface area (Å²) < 4.78 is 27.0. The van der Waals surface area contributed by atoms with Gasteiger partial charge in [0.2, 0.25) is 5.95 Å². The second-order valence-electron chi connectivity index (χ2n) is 7.30. The van der Waals surface area contributed by atoms with Crippen LogP contribution < -0.4 is 10.1 Å². The lowest BCUT2D eigenvalue weighted by molar-refractivity contribution is 0.0526. The molecule has 5 aromatic rings. The smallest absolute Gasteiger partial charge is 0.341 e. The molecule has 5 rings (SSSR count). The average molecular weight is 470 g/mol. The number of fused-ring (bicyclic) bond motifs is 1. The highest BCUT2D eigenvalue weighted by Crippen LogP contribution is 2.28. The van der Waals surface area contributed by atoms with Crippen LogP contribution in [0.15, 0.2) is 79.3 Å². The Morgan fingerprint density at radius 3 is 2.51 bits per heavy atom. The van der Waals surface area contributed by atoms with Crippen LogP contribution in [0.4, 0.5) is 16.0 Å². The van der Waals surface area contributed by atoms with E-state index in [9.17, 15) is 9.18 Å². The lowest BCUT2D eigenvalue weighted by Crippen LogP contribution is -2.11. The zero-order valence-corrected chi connectivity index (χ0v) is 18.6. The fourth-order valence-corrected chi connectivity index (χ4v) is 3.44.